The van der Waals surface area contributed by atoms with E-state index in [0.717, 1.165) is 5.56 Å². The van der Waals surface area contributed by atoms with Gasteiger partial charge in [-0.15, -0.1) is 0 Å². The maximum atomic E-state index is 14.4. The van der Waals surface area contributed by atoms with E-state index in [0.29, 0.717) is 17.9 Å². The second-order valence-electron chi connectivity index (χ2n) is 4.86. The van der Waals surface area contributed by atoms with Crippen LogP contribution in [0, 0.1) is 18.6 Å². The highest BCUT2D eigenvalue weighted by atomic mass is 19.1. The summed E-state index contributed by atoms with van der Waals surface area (Å²) < 4.78 is 33.6. The first-order valence-corrected chi connectivity index (χ1v) is 6.90. The molecule has 1 N–H and O–H groups in total. The van der Waals surface area contributed by atoms with Crippen LogP contribution < -0.4 is 10.1 Å². The van der Waals surface area contributed by atoms with Gasteiger partial charge in [0.15, 0.2) is 0 Å². The summed E-state index contributed by atoms with van der Waals surface area (Å²) in [6.45, 7) is 4.14. The molecule has 21 heavy (non-hydrogen) atoms. The molecule has 0 saturated heterocycles. The smallest absolute Gasteiger partial charge is 0.134 e. The maximum absolute atomic E-state index is 14.4. The van der Waals surface area contributed by atoms with Crippen LogP contribution in [0.4, 0.5) is 8.78 Å². The highest BCUT2D eigenvalue weighted by molar-refractivity contribution is 5.38. The van der Waals surface area contributed by atoms with Gasteiger partial charge in [0.1, 0.15) is 17.4 Å². The zero-order valence-electron chi connectivity index (χ0n) is 12.4. The summed E-state index contributed by atoms with van der Waals surface area (Å²) in [5.41, 5.74) is 1.28. The molecule has 0 aliphatic heterocycles. The number of benzene rings is 2. The summed E-state index contributed by atoms with van der Waals surface area (Å²) in [6.07, 6.45) is 0. The molecule has 2 aromatic carbocycles. The molecule has 0 aromatic heterocycles. The molecule has 0 fully saturated rings. The zero-order valence-corrected chi connectivity index (χ0v) is 12.4. The molecule has 1 unspecified atom stereocenters. The van der Waals surface area contributed by atoms with Crippen molar-refractivity contribution < 1.29 is 13.5 Å². The van der Waals surface area contributed by atoms with Crippen molar-refractivity contribution in [3.8, 4) is 5.75 Å². The Morgan fingerprint density at radius 3 is 2.33 bits per heavy atom. The van der Waals surface area contributed by atoms with Crippen LogP contribution in [0.1, 0.15) is 29.7 Å². The zero-order chi connectivity index (χ0) is 15.4. The fourth-order valence-electron chi connectivity index (χ4n) is 2.33. The van der Waals surface area contributed by atoms with Crippen LogP contribution in [-0.2, 0) is 0 Å². The Balaban J connectivity index is 2.50. The van der Waals surface area contributed by atoms with Gasteiger partial charge < -0.3 is 10.1 Å². The molecule has 0 amide bonds. The second-order valence-corrected chi connectivity index (χ2v) is 4.86. The Labute approximate surface area is 123 Å². The quantitative estimate of drug-likeness (QED) is 0.899. The third kappa shape index (κ3) is 3.22. The first-order valence-electron chi connectivity index (χ1n) is 6.90. The first-order chi connectivity index (χ1) is 10.1. The van der Waals surface area contributed by atoms with Gasteiger partial charge in [-0.3, -0.25) is 0 Å². The molecule has 0 heterocycles. The number of methoxy groups -OCH3 is 1. The van der Waals surface area contributed by atoms with Crippen molar-refractivity contribution in [1.82, 2.24) is 5.32 Å². The largest absolute Gasteiger partial charge is 0.497 e. The molecule has 0 radical (unpaired) electrons. The third-order valence-electron chi connectivity index (χ3n) is 3.47. The van der Waals surface area contributed by atoms with E-state index in [-0.39, 0.29) is 5.56 Å². The Morgan fingerprint density at radius 1 is 1.10 bits per heavy atom. The lowest BCUT2D eigenvalue weighted by molar-refractivity contribution is 0.414. The molecule has 0 spiro atoms. The van der Waals surface area contributed by atoms with E-state index in [1.165, 1.54) is 12.1 Å². The highest BCUT2D eigenvalue weighted by Gasteiger charge is 2.22. The molecular formula is C17H19F2NO. The van der Waals surface area contributed by atoms with Gasteiger partial charge >= 0.3 is 0 Å². The van der Waals surface area contributed by atoms with Crippen molar-refractivity contribution in [2.75, 3.05) is 13.7 Å². The molecule has 1 atom stereocenters. The average molecular weight is 291 g/mol. The Hall–Kier alpha value is -1.94. The van der Waals surface area contributed by atoms with Crippen molar-refractivity contribution in [3.63, 3.8) is 0 Å². The van der Waals surface area contributed by atoms with Gasteiger partial charge in [-0.05, 0) is 42.8 Å². The summed E-state index contributed by atoms with van der Waals surface area (Å²) in [6, 6.07) is 9.42. The van der Waals surface area contributed by atoms with Crippen molar-refractivity contribution in [3.05, 3.63) is 64.7 Å². The van der Waals surface area contributed by atoms with E-state index in [2.05, 4.69) is 5.32 Å². The van der Waals surface area contributed by atoms with E-state index in [4.69, 9.17) is 4.74 Å². The lowest BCUT2D eigenvalue weighted by Gasteiger charge is -2.21. The summed E-state index contributed by atoms with van der Waals surface area (Å²) in [4.78, 5) is 0. The van der Waals surface area contributed by atoms with E-state index in [9.17, 15) is 8.78 Å². The molecule has 0 aliphatic rings. The van der Waals surface area contributed by atoms with Crippen LogP contribution >= 0.6 is 0 Å². The lowest BCUT2D eigenvalue weighted by atomic mass is 9.96. The summed E-state index contributed by atoms with van der Waals surface area (Å²) >= 11 is 0. The Kier molecular flexibility index (Phi) is 4.91. The van der Waals surface area contributed by atoms with Crippen molar-refractivity contribution in [2.45, 2.75) is 19.9 Å². The number of nitrogens with one attached hydrogen (secondary N) is 1. The fraction of sp³-hybridized carbons (Fsp3) is 0.294. The topological polar surface area (TPSA) is 21.3 Å². The summed E-state index contributed by atoms with van der Waals surface area (Å²) in [5, 5.41) is 3.14. The SMILES string of the molecule is CCNC(c1ccc(OC)cc1)c1c(F)ccc(C)c1F. The van der Waals surface area contributed by atoms with Crippen molar-refractivity contribution >= 4 is 0 Å². The van der Waals surface area contributed by atoms with Gasteiger partial charge in [-0.2, -0.15) is 0 Å². The third-order valence-corrected chi connectivity index (χ3v) is 3.47. The van der Waals surface area contributed by atoms with Crippen molar-refractivity contribution in [1.29, 1.82) is 0 Å². The normalized spacial score (nSPS) is 12.2. The number of ether oxygens (including phenoxy) is 1. The number of aryl methyl sites for hydroxylation is 1. The van der Waals surface area contributed by atoms with Crippen LogP contribution in [0.3, 0.4) is 0 Å². The molecule has 2 aromatic rings. The molecule has 2 rings (SSSR count). The van der Waals surface area contributed by atoms with Gasteiger partial charge in [-0.25, -0.2) is 8.78 Å². The minimum atomic E-state index is -0.542. The van der Waals surface area contributed by atoms with Crippen LogP contribution in [0.5, 0.6) is 5.75 Å². The Bertz CT molecular complexity index is 611. The average Bonchev–Trinajstić information content (AvgIpc) is 2.50. The minimum absolute atomic E-state index is 0.0574. The fourth-order valence-corrected chi connectivity index (χ4v) is 2.33. The van der Waals surface area contributed by atoms with Gasteiger partial charge in [0.2, 0.25) is 0 Å². The van der Waals surface area contributed by atoms with E-state index in [1.54, 1.807) is 26.2 Å². The number of halogens is 2. The monoisotopic (exact) mass is 291 g/mol. The molecular weight excluding hydrogens is 272 g/mol. The van der Waals surface area contributed by atoms with Crippen LogP contribution in [-0.4, -0.2) is 13.7 Å². The lowest BCUT2D eigenvalue weighted by Crippen LogP contribution is -2.24. The Morgan fingerprint density at radius 2 is 1.76 bits per heavy atom. The summed E-state index contributed by atoms with van der Waals surface area (Å²) in [5.74, 6) is -0.337. The van der Waals surface area contributed by atoms with Gasteiger partial charge in [-0.1, -0.05) is 25.1 Å². The minimum Gasteiger partial charge on any atom is -0.497 e. The molecule has 0 saturated carbocycles. The van der Waals surface area contributed by atoms with Crippen LogP contribution in [0.2, 0.25) is 0 Å². The maximum Gasteiger partial charge on any atom is 0.134 e. The number of hydrogen-bond acceptors (Lipinski definition) is 2. The predicted octanol–water partition coefficient (Wildman–Crippen LogP) is 3.98. The summed E-state index contributed by atoms with van der Waals surface area (Å²) in [7, 11) is 1.58. The first kappa shape index (κ1) is 15.4. The molecule has 112 valence electrons. The van der Waals surface area contributed by atoms with Crippen LogP contribution in [0.25, 0.3) is 0 Å². The number of hydrogen-bond donors (Lipinski definition) is 1. The molecule has 2 nitrogen and oxygen atoms in total. The molecule has 0 aliphatic carbocycles. The highest BCUT2D eigenvalue weighted by Crippen LogP contribution is 2.29. The van der Waals surface area contributed by atoms with Gasteiger partial charge in [0, 0.05) is 5.56 Å². The molecule has 4 heteroatoms. The molecule has 0 bridgehead atoms. The standard InChI is InChI=1S/C17H19F2NO/c1-4-20-17(12-6-8-13(21-3)9-7-12)15-14(18)10-5-11(2)16(15)19/h5-10,17,20H,4H2,1-3H3. The predicted molar refractivity (Wildman–Crippen MR) is 79.6 cm³/mol. The number of rotatable bonds is 5. The van der Waals surface area contributed by atoms with Crippen molar-refractivity contribution in [2.24, 2.45) is 0 Å². The van der Waals surface area contributed by atoms with Crippen LogP contribution in [0.15, 0.2) is 36.4 Å². The van der Waals surface area contributed by atoms with Gasteiger partial charge in [0.05, 0.1) is 13.2 Å². The van der Waals surface area contributed by atoms with E-state index >= 15 is 0 Å². The van der Waals surface area contributed by atoms with E-state index in [1.807, 2.05) is 19.1 Å². The second kappa shape index (κ2) is 6.68. The van der Waals surface area contributed by atoms with E-state index < -0.39 is 17.7 Å². The van der Waals surface area contributed by atoms with Gasteiger partial charge in [0.25, 0.3) is 0 Å².